The van der Waals surface area contributed by atoms with Gasteiger partial charge in [-0.1, -0.05) is 11.8 Å². The number of nitrogens with zero attached hydrogens (tertiary/aromatic N) is 2. The van der Waals surface area contributed by atoms with Crippen molar-refractivity contribution in [3.8, 4) is 0 Å². The largest absolute Gasteiger partial charge is 0.309 e. The Balaban J connectivity index is 2.96. The van der Waals surface area contributed by atoms with Crippen LogP contribution in [0.25, 0.3) is 0 Å². The van der Waals surface area contributed by atoms with Crippen molar-refractivity contribution in [3.05, 3.63) is 22.7 Å². The smallest absolute Gasteiger partial charge is 0.283 e. The second kappa shape index (κ2) is 5.41. The molecule has 0 fully saturated rings. The average Bonchev–Trinajstić information content (AvgIpc) is 2.16. The van der Waals surface area contributed by atoms with Crippen molar-refractivity contribution < 1.29 is 0 Å². The molecule has 0 spiro atoms. The fourth-order valence-electron chi connectivity index (χ4n) is 1.05. The summed E-state index contributed by atoms with van der Waals surface area (Å²) >= 11 is 6.95. The van der Waals surface area contributed by atoms with Crippen LogP contribution >= 0.6 is 23.4 Å². The molecular formula is C9H13ClN2OS. The number of hydrogen-bond acceptors (Lipinski definition) is 3. The quantitative estimate of drug-likeness (QED) is 0.590. The molecule has 0 radical (unpaired) electrons. The van der Waals surface area contributed by atoms with Crippen molar-refractivity contribution in [2.24, 2.45) is 0 Å². The van der Waals surface area contributed by atoms with E-state index in [4.69, 9.17) is 11.6 Å². The lowest BCUT2D eigenvalue weighted by molar-refractivity contribution is 0.561. The summed E-state index contributed by atoms with van der Waals surface area (Å²) in [6.45, 7) is 3.94. The van der Waals surface area contributed by atoms with Gasteiger partial charge in [0.15, 0.2) is 5.03 Å². The number of thioether (sulfide) groups is 1. The first kappa shape index (κ1) is 11.6. The van der Waals surface area contributed by atoms with E-state index in [1.165, 1.54) is 11.8 Å². The van der Waals surface area contributed by atoms with Crippen LogP contribution in [0.15, 0.2) is 22.2 Å². The fraction of sp³-hybridized carbons (Fsp3) is 0.556. The minimum Gasteiger partial charge on any atom is -0.309 e. The second-order valence-electron chi connectivity index (χ2n) is 3.08. The van der Waals surface area contributed by atoms with Crippen molar-refractivity contribution >= 4 is 23.4 Å². The maximum Gasteiger partial charge on any atom is 0.283 e. The van der Waals surface area contributed by atoms with E-state index in [0.29, 0.717) is 16.7 Å². The zero-order chi connectivity index (χ0) is 10.6. The molecule has 0 N–H and O–H groups in total. The first-order chi connectivity index (χ1) is 6.66. The van der Waals surface area contributed by atoms with Gasteiger partial charge in [-0.3, -0.25) is 4.79 Å². The van der Waals surface area contributed by atoms with E-state index >= 15 is 0 Å². The molecule has 0 aliphatic rings. The number of aromatic nitrogens is 2. The number of rotatable bonds is 4. The Bertz CT molecular complexity index is 351. The highest BCUT2D eigenvalue weighted by atomic mass is 35.5. The molecule has 1 rings (SSSR count). The molecule has 1 heterocycles. The van der Waals surface area contributed by atoms with Crippen LogP contribution in [0.5, 0.6) is 0 Å². The van der Waals surface area contributed by atoms with E-state index in [9.17, 15) is 4.79 Å². The molecule has 0 bridgehead atoms. The summed E-state index contributed by atoms with van der Waals surface area (Å²) in [6, 6.07) is 0.167. The minimum atomic E-state index is -0.0300. The van der Waals surface area contributed by atoms with Crippen molar-refractivity contribution in [3.63, 3.8) is 0 Å². The van der Waals surface area contributed by atoms with Crippen molar-refractivity contribution in [2.45, 2.75) is 24.9 Å². The highest BCUT2D eigenvalue weighted by Gasteiger charge is 2.06. The van der Waals surface area contributed by atoms with E-state index in [2.05, 4.69) is 4.98 Å². The van der Waals surface area contributed by atoms with Gasteiger partial charge in [-0.2, -0.15) is 0 Å². The highest BCUT2D eigenvalue weighted by Crippen LogP contribution is 2.11. The van der Waals surface area contributed by atoms with Crippen LogP contribution < -0.4 is 5.56 Å². The molecule has 0 aromatic carbocycles. The highest BCUT2D eigenvalue weighted by molar-refractivity contribution is 7.99. The maximum absolute atomic E-state index is 11.8. The third-order valence-corrected chi connectivity index (χ3v) is 3.08. The molecule has 14 heavy (non-hydrogen) atoms. The fourth-order valence-corrected chi connectivity index (χ4v) is 1.91. The molecule has 78 valence electrons. The lowest BCUT2D eigenvalue weighted by Gasteiger charge is -2.09. The van der Waals surface area contributed by atoms with E-state index < -0.39 is 0 Å². The van der Waals surface area contributed by atoms with Gasteiger partial charge in [0.25, 0.3) is 5.56 Å². The summed E-state index contributed by atoms with van der Waals surface area (Å²) in [7, 11) is 0. The van der Waals surface area contributed by atoms with Crippen molar-refractivity contribution in [2.75, 3.05) is 11.6 Å². The van der Waals surface area contributed by atoms with Gasteiger partial charge in [-0.25, -0.2) is 4.98 Å². The second-order valence-corrected chi connectivity index (χ2v) is 4.54. The van der Waals surface area contributed by atoms with Crippen molar-refractivity contribution in [1.82, 2.24) is 9.55 Å². The molecule has 0 atom stereocenters. The van der Waals surface area contributed by atoms with Crippen LogP contribution in [0, 0.1) is 0 Å². The van der Waals surface area contributed by atoms with E-state index in [-0.39, 0.29) is 11.6 Å². The predicted octanol–water partition coefficient (Wildman–Crippen LogP) is 2.16. The Labute approximate surface area is 92.5 Å². The van der Waals surface area contributed by atoms with Gasteiger partial charge >= 0.3 is 0 Å². The molecule has 0 aliphatic carbocycles. The molecule has 1 aromatic heterocycles. The van der Waals surface area contributed by atoms with Gasteiger partial charge in [0, 0.05) is 30.1 Å². The van der Waals surface area contributed by atoms with Gasteiger partial charge in [-0.15, -0.1) is 11.6 Å². The lowest BCUT2D eigenvalue weighted by atomic mass is 10.4. The van der Waals surface area contributed by atoms with Crippen LogP contribution in [-0.2, 0) is 0 Å². The van der Waals surface area contributed by atoms with Crippen LogP contribution in [0.3, 0.4) is 0 Å². The Morgan fingerprint density at radius 2 is 2.36 bits per heavy atom. The molecule has 1 aromatic rings. The van der Waals surface area contributed by atoms with E-state index in [0.717, 1.165) is 0 Å². The van der Waals surface area contributed by atoms with Gasteiger partial charge in [0.05, 0.1) is 0 Å². The molecule has 0 saturated heterocycles. The molecule has 0 amide bonds. The maximum atomic E-state index is 11.8. The average molecular weight is 233 g/mol. The monoisotopic (exact) mass is 232 g/mol. The van der Waals surface area contributed by atoms with E-state index in [1.807, 2.05) is 13.8 Å². The van der Waals surface area contributed by atoms with Gasteiger partial charge in [0.2, 0.25) is 0 Å². The predicted molar refractivity (Wildman–Crippen MR) is 60.3 cm³/mol. The summed E-state index contributed by atoms with van der Waals surface area (Å²) in [6.07, 6.45) is 3.36. The minimum absolute atomic E-state index is 0.0300. The number of hydrogen-bond donors (Lipinski definition) is 0. The Hall–Kier alpha value is -0.480. The summed E-state index contributed by atoms with van der Waals surface area (Å²) < 4.78 is 1.67. The van der Waals surface area contributed by atoms with Crippen LogP contribution in [0.2, 0.25) is 0 Å². The molecular weight excluding hydrogens is 220 g/mol. The van der Waals surface area contributed by atoms with Crippen LogP contribution in [-0.4, -0.2) is 21.2 Å². The van der Waals surface area contributed by atoms with Crippen molar-refractivity contribution in [1.29, 1.82) is 0 Å². The van der Waals surface area contributed by atoms with Gasteiger partial charge in [-0.05, 0) is 13.8 Å². The third-order valence-electron chi connectivity index (χ3n) is 1.71. The molecule has 0 aliphatic heterocycles. The zero-order valence-electron chi connectivity index (χ0n) is 8.24. The summed E-state index contributed by atoms with van der Waals surface area (Å²) in [5.74, 6) is 1.24. The first-order valence-corrected chi connectivity index (χ1v) is 5.94. The van der Waals surface area contributed by atoms with Gasteiger partial charge < -0.3 is 4.57 Å². The molecule has 3 nitrogen and oxygen atoms in total. The van der Waals surface area contributed by atoms with Crippen LogP contribution in [0.4, 0.5) is 0 Å². The normalized spacial score (nSPS) is 10.9. The standard InChI is InChI=1S/C9H13ClN2OS/c1-7(2)12-5-4-11-8(9(12)13)14-6-3-10/h4-5,7H,3,6H2,1-2H3. The molecule has 0 unspecified atom stereocenters. The first-order valence-electron chi connectivity index (χ1n) is 4.42. The molecule has 0 saturated carbocycles. The summed E-state index contributed by atoms with van der Waals surface area (Å²) in [5, 5.41) is 0.529. The van der Waals surface area contributed by atoms with Crippen LogP contribution in [0.1, 0.15) is 19.9 Å². The lowest BCUT2D eigenvalue weighted by Crippen LogP contribution is -2.23. The third kappa shape index (κ3) is 2.75. The number of alkyl halides is 1. The Morgan fingerprint density at radius 3 is 2.93 bits per heavy atom. The summed E-state index contributed by atoms with van der Waals surface area (Å²) in [4.78, 5) is 15.8. The Morgan fingerprint density at radius 1 is 1.64 bits per heavy atom. The SMILES string of the molecule is CC(C)n1ccnc(SCCCl)c1=O. The zero-order valence-corrected chi connectivity index (χ0v) is 9.81. The van der Waals surface area contributed by atoms with E-state index in [1.54, 1.807) is 17.0 Å². The molecule has 5 heteroatoms. The summed E-state index contributed by atoms with van der Waals surface area (Å²) in [5.41, 5.74) is -0.0300. The Kier molecular flexibility index (Phi) is 4.48. The topological polar surface area (TPSA) is 34.9 Å². The van der Waals surface area contributed by atoms with Gasteiger partial charge in [0.1, 0.15) is 0 Å². The number of halogens is 1.